The number of fused-ring (bicyclic) bond motifs is 2. The maximum atomic E-state index is 12.2. The van der Waals surface area contributed by atoms with E-state index in [9.17, 15) is 9.90 Å². The number of aromatic nitrogens is 1. The molecule has 0 unspecified atom stereocenters. The summed E-state index contributed by atoms with van der Waals surface area (Å²) in [5.74, 6) is 0.295. The van der Waals surface area contributed by atoms with Crippen LogP contribution in [0.25, 0.3) is 16.0 Å². The zero-order valence-corrected chi connectivity index (χ0v) is 19.0. The number of phenols is 1. The normalized spacial score (nSPS) is 15.7. The summed E-state index contributed by atoms with van der Waals surface area (Å²) in [7, 11) is 0. The van der Waals surface area contributed by atoms with Gasteiger partial charge in [0, 0.05) is 35.3 Å². The van der Waals surface area contributed by atoms with Gasteiger partial charge in [0.1, 0.15) is 5.75 Å². The molecule has 3 heterocycles. The number of carbonyl (C=O) groups is 1. The SMILES string of the molecule is CCOC(=O)N1CCC(=C2c3ccc(O)cc3CCc3cc(-c4cccs4)cnc32)CC1. The standard InChI is InChI=1S/C26H26N2O3S/c1-2-31-26(30)28-11-9-17(10-12-28)24-22-8-7-21(29)15-18(22)5-6-19-14-20(16-27-25(19)24)23-4-3-13-32-23/h3-4,7-8,13-16,29H,2,5-6,9-12H2,1H3. The molecule has 0 atom stereocenters. The van der Waals surface area contributed by atoms with Crippen LogP contribution in [-0.4, -0.2) is 40.8 Å². The van der Waals surface area contributed by atoms with Gasteiger partial charge in [-0.2, -0.15) is 0 Å². The molecule has 6 heteroatoms. The molecule has 1 amide bonds. The molecule has 0 saturated carbocycles. The molecule has 0 spiro atoms. The fourth-order valence-electron chi connectivity index (χ4n) is 4.71. The number of likely N-dealkylation sites (tertiary alicyclic amines) is 1. The molecule has 1 N–H and O–H groups in total. The van der Waals surface area contributed by atoms with Crippen LogP contribution < -0.4 is 0 Å². The van der Waals surface area contributed by atoms with Crippen LogP contribution in [0.5, 0.6) is 5.75 Å². The maximum Gasteiger partial charge on any atom is 0.409 e. The largest absolute Gasteiger partial charge is 0.508 e. The van der Waals surface area contributed by atoms with Crippen molar-refractivity contribution in [2.45, 2.75) is 32.6 Å². The van der Waals surface area contributed by atoms with Crippen molar-refractivity contribution >= 4 is 23.0 Å². The summed E-state index contributed by atoms with van der Waals surface area (Å²) in [5.41, 5.74) is 8.21. The van der Waals surface area contributed by atoms with Gasteiger partial charge in [-0.05, 0) is 78.9 Å². The molecule has 1 aliphatic carbocycles. The van der Waals surface area contributed by atoms with Crippen LogP contribution in [0.4, 0.5) is 4.79 Å². The van der Waals surface area contributed by atoms with E-state index in [-0.39, 0.29) is 6.09 Å². The van der Waals surface area contributed by atoms with Gasteiger partial charge in [-0.15, -0.1) is 11.3 Å². The highest BCUT2D eigenvalue weighted by atomic mass is 32.1. The molecule has 164 valence electrons. The fraction of sp³-hybridized carbons (Fsp3) is 0.308. The van der Waals surface area contributed by atoms with Crippen molar-refractivity contribution in [1.82, 2.24) is 9.88 Å². The molecule has 2 aliphatic rings. The molecule has 0 radical (unpaired) electrons. The van der Waals surface area contributed by atoms with Crippen molar-refractivity contribution in [2.24, 2.45) is 0 Å². The Morgan fingerprint density at radius 1 is 1.12 bits per heavy atom. The number of aromatic hydroxyl groups is 1. The van der Waals surface area contributed by atoms with E-state index in [1.165, 1.54) is 21.6 Å². The van der Waals surface area contributed by atoms with E-state index < -0.39 is 0 Å². The second-order valence-electron chi connectivity index (χ2n) is 8.21. The summed E-state index contributed by atoms with van der Waals surface area (Å²) in [6.07, 6.45) is 5.07. The van der Waals surface area contributed by atoms with Gasteiger partial charge in [0.25, 0.3) is 0 Å². The Kier molecular flexibility index (Phi) is 5.70. The van der Waals surface area contributed by atoms with Crippen molar-refractivity contribution in [3.05, 3.63) is 75.9 Å². The van der Waals surface area contributed by atoms with Gasteiger partial charge in [0.2, 0.25) is 0 Å². The third kappa shape index (κ3) is 3.91. The number of aryl methyl sites for hydroxylation is 2. The van der Waals surface area contributed by atoms with Crippen molar-refractivity contribution in [2.75, 3.05) is 19.7 Å². The van der Waals surface area contributed by atoms with E-state index in [4.69, 9.17) is 9.72 Å². The van der Waals surface area contributed by atoms with Gasteiger partial charge in [0.05, 0.1) is 12.3 Å². The van der Waals surface area contributed by atoms with Gasteiger partial charge < -0.3 is 14.7 Å². The second kappa shape index (κ2) is 8.79. The number of amides is 1. The first kappa shape index (κ1) is 20.8. The van der Waals surface area contributed by atoms with Crippen LogP contribution in [0.1, 0.15) is 42.1 Å². The first-order chi connectivity index (χ1) is 15.6. The molecule has 1 aromatic carbocycles. The van der Waals surface area contributed by atoms with Crippen molar-refractivity contribution in [1.29, 1.82) is 0 Å². The lowest BCUT2D eigenvalue weighted by Crippen LogP contribution is -2.37. The first-order valence-electron chi connectivity index (χ1n) is 11.1. The lowest BCUT2D eigenvalue weighted by atomic mass is 9.88. The Balaban J connectivity index is 1.58. The molecule has 1 fully saturated rings. The predicted molar refractivity (Wildman–Crippen MR) is 127 cm³/mol. The van der Waals surface area contributed by atoms with Gasteiger partial charge in [-0.25, -0.2) is 4.79 Å². The number of pyridine rings is 1. The summed E-state index contributed by atoms with van der Waals surface area (Å²) in [6, 6.07) is 12.1. The molecule has 5 rings (SSSR count). The predicted octanol–water partition coefficient (Wildman–Crippen LogP) is 5.67. The minimum absolute atomic E-state index is 0.234. The third-order valence-electron chi connectivity index (χ3n) is 6.28. The molecule has 0 bridgehead atoms. The maximum absolute atomic E-state index is 12.2. The van der Waals surface area contributed by atoms with E-state index in [1.807, 2.05) is 25.3 Å². The molecule has 1 aliphatic heterocycles. The molecule has 3 aromatic rings. The second-order valence-corrected chi connectivity index (χ2v) is 9.16. The summed E-state index contributed by atoms with van der Waals surface area (Å²) >= 11 is 1.72. The van der Waals surface area contributed by atoms with E-state index in [1.54, 1.807) is 22.3 Å². The van der Waals surface area contributed by atoms with Crippen LogP contribution in [0.15, 0.2) is 53.5 Å². The number of carbonyl (C=O) groups excluding carboxylic acids is 1. The zero-order chi connectivity index (χ0) is 22.1. The minimum atomic E-state index is -0.234. The number of rotatable bonds is 2. The first-order valence-corrected chi connectivity index (χ1v) is 12.0. The lowest BCUT2D eigenvalue weighted by molar-refractivity contribution is 0.104. The number of thiophene rings is 1. The van der Waals surface area contributed by atoms with Crippen molar-refractivity contribution < 1.29 is 14.6 Å². The molecule has 32 heavy (non-hydrogen) atoms. The minimum Gasteiger partial charge on any atom is -0.508 e. The Morgan fingerprint density at radius 3 is 2.69 bits per heavy atom. The quantitative estimate of drug-likeness (QED) is 0.551. The Morgan fingerprint density at radius 2 is 1.94 bits per heavy atom. The molecular weight excluding hydrogens is 420 g/mol. The topological polar surface area (TPSA) is 62.7 Å². The average molecular weight is 447 g/mol. The Bertz CT molecular complexity index is 1170. The van der Waals surface area contributed by atoms with E-state index in [0.29, 0.717) is 25.4 Å². The summed E-state index contributed by atoms with van der Waals surface area (Å²) < 4.78 is 5.19. The number of hydrogen-bond acceptors (Lipinski definition) is 5. The van der Waals surface area contributed by atoms with Crippen molar-refractivity contribution in [3.63, 3.8) is 0 Å². The highest BCUT2D eigenvalue weighted by molar-refractivity contribution is 7.13. The number of phenolic OH excluding ortho intramolecular Hbond substituents is 1. The van der Waals surface area contributed by atoms with E-state index >= 15 is 0 Å². The number of hydrogen-bond donors (Lipinski definition) is 1. The van der Waals surface area contributed by atoms with E-state index in [2.05, 4.69) is 23.6 Å². The van der Waals surface area contributed by atoms with Crippen LogP contribution in [0, 0.1) is 0 Å². The number of ether oxygens (including phenoxy) is 1. The number of piperidine rings is 1. The smallest absolute Gasteiger partial charge is 0.409 e. The fourth-order valence-corrected chi connectivity index (χ4v) is 5.42. The van der Waals surface area contributed by atoms with Crippen LogP contribution >= 0.6 is 11.3 Å². The van der Waals surface area contributed by atoms with Gasteiger partial charge in [-0.1, -0.05) is 17.7 Å². The summed E-state index contributed by atoms with van der Waals surface area (Å²) in [5, 5.41) is 12.2. The van der Waals surface area contributed by atoms with E-state index in [0.717, 1.165) is 48.1 Å². The van der Waals surface area contributed by atoms with Crippen LogP contribution in [-0.2, 0) is 17.6 Å². The van der Waals surface area contributed by atoms with Crippen LogP contribution in [0.2, 0.25) is 0 Å². The molecule has 1 saturated heterocycles. The van der Waals surface area contributed by atoms with Gasteiger partial charge in [-0.3, -0.25) is 4.98 Å². The molecule has 2 aromatic heterocycles. The molecule has 5 nitrogen and oxygen atoms in total. The molecular formula is C26H26N2O3S. The van der Waals surface area contributed by atoms with Gasteiger partial charge >= 0.3 is 6.09 Å². The van der Waals surface area contributed by atoms with Gasteiger partial charge in [0.15, 0.2) is 0 Å². The lowest BCUT2D eigenvalue weighted by Gasteiger charge is -2.29. The highest BCUT2D eigenvalue weighted by Crippen LogP contribution is 2.40. The number of benzene rings is 1. The summed E-state index contributed by atoms with van der Waals surface area (Å²) in [4.78, 5) is 20.2. The summed E-state index contributed by atoms with van der Waals surface area (Å²) in [6.45, 7) is 3.52. The average Bonchev–Trinajstić information content (AvgIpc) is 3.30. The zero-order valence-electron chi connectivity index (χ0n) is 18.1. The highest BCUT2D eigenvalue weighted by Gasteiger charge is 2.27. The Labute approximate surface area is 192 Å². The Hall–Kier alpha value is -3.12. The third-order valence-corrected chi connectivity index (χ3v) is 7.20. The van der Waals surface area contributed by atoms with Crippen LogP contribution in [0.3, 0.4) is 0 Å². The number of nitrogens with zero attached hydrogens (tertiary/aromatic N) is 2. The monoisotopic (exact) mass is 446 g/mol. The van der Waals surface area contributed by atoms with Crippen molar-refractivity contribution in [3.8, 4) is 16.2 Å².